The van der Waals surface area contributed by atoms with E-state index in [4.69, 9.17) is 9.15 Å². The van der Waals surface area contributed by atoms with Crippen molar-refractivity contribution in [2.45, 2.75) is 44.6 Å². The lowest BCUT2D eigenvalue weighted by Crippen LogP contribution is -2.46. The van der Waals surface area contributed by atoms with Gasteiger partial charge in [0.1, 0.15) is 25.0 Å². The molecule has 0 saturated carbocycles. The zero-order valence-corrected chi connectivity index (χ0v) is 13.3. The molecule has 2 aromatic rings. The molecule has 1 N–H and O–H groups in total. The Bertz CT molecular complexity index is 544. The fourth-order valence-corrected chi connectivity index (χ4v) is 3.06. The predicted octanol–water partition coefficient (Wildman–Crippen LogP) is 1.30. The fourth-order valence-electron chi connectivity index (χ4n) is 3.06. The third kappa shape index (κ3) is 4.89. The summed E-state index contributed by atoms with van der Waals surface area (Å²) in [6.45, 7) is 3.16. The van der Waals surface area contributed by atoms with E-state index in [1.165, 1.54) is 12.8 Å². The van der Waals surface area contributed by atoms with Crippen molar-refractivity contribution in [3.63, 3.8) is 0 Å². The van der Waals surface area contributed by atoms with E-state index < -0.39 is 6.10 Å². The second-order valence-corrected chi connectivity index (χ2v) is 6.01. The lowest BCUT2D eigenvalue weighted by molar-refractivity contribution is -0.00929. The number of aromatic nitrogens is 3. The number of hydrogen-bond donors (Lipinski definition) is 1. The Labute approximate surface area is 135 Å². The smallest absolute Gasteiger partial charge is 0.137 e. The van der Waals surface area contributed by atoms with E-state index in [2.05, 4.69) is 15.0 Å². The first-order valence-corrected chi connectivity index (χ1v) is 8.16. The summed E-state index contributed by atoms with van der Waals surface area (Å²) in [6, 6.07) is 4.09. The van der Waals surface area contributed by atoms with Crippen LogP contribution in [0.3, 0.4) is 0 Å². The molecule has 23 heavy (non-hydrogen) atoms. The van der Waals surface area contributed by atoms with Crippen molar-refractivity contribution in [1.82, 2.24) is 19.7 Å². The van der Waals surface area contributed by atoms with Crippen molar-refractivity contribution in [3.8, 4) is 0 Å². The van der Waals surface area contributed by atoms with Crippen LogP contribution in [0.4, 0.5) is 0 Å². The van der Waals surface area contributed by atoms with Crippen molar-refractivity contribution in [3.05, 3.63) is 36.8 Å². The molecule has 2 atom stereocenters. The van der Waals surface area contributed by atoms with Crippen LogP contribution in [0.1, 0.15) is 25.0 Å². The highest BCUT2D eigenvalue weighted by Crippen LogP contribution is 2.18. The number of furan rings is 1. The largest absolute Gasteiger partial charge is 0.467 e. The van der Waals surface area contributed by atoms with Crippen LogP contribution >= 0.6 is 0 Å². The number of piperidine rings is 1. The van der Waals surface area contributed by atoms with Crippen molar-refractivity contribution >= 4 is 0 Å². The molecule has 0 spiro atoms. The van der Waals surface area contributed by atoms with Gasteiger partial charge in [0.15, 0.2) is 0 Å². The zero-order valence-electron chi connectivity index (χ0n) is 13.3. The molecule has 3 heterocycles. The molecule has 0 unspecified atom stereocenters. The third-order valence-corrected chi connectivity index (χ3v) is 4.19. The summed E-state index contributed by atoms with van der Waals surface area (Å²) in [4.78, 5) is 6.33. The van der Waals surface area contributed by atoms with Crippen molar-refractivity contribution in [2.24, 2.45) is 0 Å². The minimum Gasteiger partial charge on any atom is -0.467 e. The van der Waals surface area contributed by atoms with Gasteiger partial charge in [-0.05, 0) is 31.5 Å². The van der Waals surface area contributed by atoms with Crippen LogP contribution in [-0.2, 0) is 17.9 Å². The van der Waals surface area contributed by atoms with Gasteiger partial charge in [0.25, 0.3) is 0 Å². The average molecular weight is 320 g/mol. The lowest BCUT2D eigenvalue weighted by atomic mass is 10.0. The second kappa shape index (κ2) is 8.24. The van der Waals surface area contributed by atoms with Gasteiger partial charge in [0.05, 0.1) is 25.5 Å². The number of aliphatic hydroxyl groups is 1. The second-order valence-electron chi connectivity index (χ2n) is 6.01. The first-order chi connectivity index (χ1) is 11.3. The Hall–Kier alpha value is -1.70. The molecule has 7 nitrogen and oxygen atoms in total. The number of β-amino-alcohol motifs (C(OH)–C–C–N with tert-alkyl or cyclic N) is 1. The zero-order chi connectivity index (χ0) is 15.9. The number of hydrogen-bond acceptors (Lipinski definition) is 6. The molecule has 1 saturated heterocycles. The summed E-state index contributed by atoms with van der Waals surface area (Å²) >= 11 is 0. The summed E-state index contributed by atoms with van der Waals surface area (Å²) in [7, 11) is 0. The molecule has 1 aliphatic heterocycles. The van der Waals surface area contributed by atoms with Gasteiger partial charge in [-0.25, -0.2) is 4.98 Å². The van der Waals surface area contributed by atoms with Crippen molar-refractivity contribution in [2.75, 3.05) is 19.7 Å². The fraction of sp³-hybridized carbons (Fsp3) is 0.625. The number of ether oxygens (including phenoxy) is 1. The van der Waals surface area contributed by atoms with Gasteiger partial charge in [0.2, 0.25) is 0 Å². The monoisotopic (exact) mass is 320 g/mol. The molecule has 7 heteroatoms. The van der Waals surface area contributed by atoms with E-state index in [9.17, 15) is 5.11 Å². The molecule has 0 radical (unpaired) electrons. The summed E-state index contributed by atoms with van der Waals surface area (Å²) in [6.07, 6.45) is 7.95. The molecule has 126 valence electrons. The van der Waals surface area contributed by atoms with E-state index in [1.54, 1.807) is 18.9 Å². The van der Waals surface area contributed by atoms with Crippen LogP contribution in [0.25, 0.3) is 0 Å². The van der Waals surface area contributed by atoms with E-state index in [0.29, 0.717) is 25.8 Å². The maximum Gasteiger partial charge on any atom is 0.137 e. The highest BCUT2D eigenvalue weighted by atomic mass is 16.5. The molecule has 1 fully saturated rings. The Morgan fingerprint density at radius 3 is 3.17 bits per heavy atom. The van der Waals surface area contributed by atoms with E-state index in [-0.39, 0.29) is 0 Å². The van der Waals surface area contributed by atoms with Gasteiger partial charge < -0.3 is 14.3 Å². The summed E-state index contributed by atoms with van der Waals surface area (Å²) in [5.74, 6) is 0.777. The van der Waals surface area contributed by atoms with Gasteiger partial charge in [0, 0.05) is 12.6 Å². The van der Waals surface area contributed by atoms with E-state index in [0.717, 1.165) is 25.3 Å². The van der Waals surface area contributed by atoms with Gasteiger partial charge in [-0.2, -0.15) is 5.10 Å². The SMILES string of the molecule is O[C@H](COCc1ccco1)CN1CCCC[C@H]1Cn1cncn1. The van der Waals surface area contributed by atoms with Crippen molar-refractivity contribution in [1.29, 1.82) is 0 Å². The molecule has 1 aliphatic rings. The maximum absolute atomic E-state index is 10.2. The summed E-state index contributed by atoms with van der Waals surface area (Å²) in [5, 5.41) is 14.4. The minimum atomic E-state index is -0.499. The predicted molar refractivity (Wildman–Crippen MR) is 83.6 cm³/mol. The van der Waals surface area contributed by atoms with E-state index in [1.807, 2.05) is 16.8 Å². The Morgan fingerprint density at radius 1 is 1.43 bits per heavy atom. The Kier molecular flexibility index (Phi) is 5.79. The number of nitrogens with zero attached hydrogens (tertiary/aromatic N) is 4. The molecule has 3 rings (SSSR count). The standard InChI is InChI=1S/C16H24N4O3/c21-15(10-22-11-16-5-3-7-23-16)9-19-6-2-1-4-14(19)8-20-13-17-12-18-20/h3,5,7,12-15,21H,1-2,4,6,8-11H2/t14-,15-/m0/s1. The number of likely N-dealkylation sites (tertiary alicyclic amines) is 1. The first-order valence-electron chi connectivity index (χ1n) is 8.16. The summed E-state index contributed by atoms with van der Waals surface area (Å²) in [5.41, 5.74) is 0. The Balaban J connectivity index is 1.44. The molecule has 0 amide bonds. The van der Waals surface area contributed by atoms with Gasteiger partial charge in [-0.15, -0.1) is 0 Å². The van der Waals surface area contributed by atoms with Gasteiger partial charge >= 0.3 is 0 Å². The van der Waals surface area contributed by atoms with Crippen LogP contribution in [0, 0.1) is 0 Å². The Morgan fingerprint density at radius 2 is 2.39 bits per heavy atom. The van der Waals surface area contributed by atoms with Crippen molar-refractivity contribution < 1.29 is 14.3 Å². The van der Waals surface area contributed by atoms with Crippen LogP contribution in [0.2, 0.25) is 0 Å². The lowest BCUT2D eigenvalue weighted by Gasteiger charge is -2.36. The molecule has 0 aliphatic carbocycles. The van der Waals surface area contributed by atoms with Crippen LogP contribution in [-0.4, -0.2) is 56.6 Å². The highest BCUT2D eigenvalue weighted by molar-refractivity contribution is 4.96. The van der Waals surface area contributed by atoms with Crippen LogP contribution in [0.5, 0.6) is 0 Å². The van der Waals surface area contributed by atoms with Crippen LogP contribution < -0.4 is 0 Å². The molecular formula is C16H24N4O3. The van der Waals surface area contributed by atoms with Gasteiger partial charge in [-0.1, -0.05) is 6.42 Å². The first kappa shape index (κ1) is 16.2. The maximum atomic E-state index is 10.2. The minimum absolute atomic E-state index is 0.313. The summed E-state index contributed by atoms with van der Waals surface area (Å²) < 4.78 is 12.6. The topological polar surface area (TPSA) is 76.6 Å². The van der Waals surface area contributed by atoms with E-state index >= 15 is 0 Å². The third-order valence-electron chi connectivity index (χ3n) is 4.19. The molecular weight excluding hydrogens is 296 g/mol. The van der Waals surface area contributed by atoms with Gasteiger partial charge in [-0.3, -0.25) is 9.58 Å². The quantitative estimate of drug-likeness (QED) is 0.790. The molecule has 0 bridgehead atoms. The average Bonchev–Trinajstić information content (AvgIpc) is 3.23. The highest BCUT2D eigenvalue weighted by Gasteiger charge is 2.25. The molecule has 2 aromatic heterocycles. The molecule has 0 aromatic carbocycles. The number of aliphatic hydroxyl groups excluding tert-OH is 1. The normalized spacial score (nSPS) is 20.7. The van der Waals surface area contributed by atoms with Crippen LogP contribution in [0.15, 0.2) is 35.5 Å². The number of rotatable bonds is 8.